The Kier molecular flexibility index (Phi) is 4.91. The summed E-state index contributed by atoms with van der Waals surface area (Å²) in [6.07, 6.45) is 4.89. The molecule has 0 bridgehead atoms. The lowest BCUT2D eigenvalue weighted by atomic mass is 9.73. The second kappa shape index (κ2) is 6.86. The number of nitrogens with one attached hydrogen (secondary N) is 1. The van der Waals surface area contributed by atoms with Gasteiger partial charge in [0, 0.05) is 12.1 Å². The first-order chi connectivity index (χ1) is 12.2. The molecule has 3 rings (SSSR count). The normalized spacial score (nSPS) is 19.9. The van der Waals surface area contributed by atoms with Crippen molar-refractivity contribution in [2.75, 3.05) is 11.9 Å². The molecular formula is C21H28N2O3. The third-order valence-corrected chi connectivity index (χ3v) is 5.64. The summed E-state index contributed by atoms with van der Waals surface area (Å²) in [6.45, 7) is 6.20. The number of carbonyl (C=O) groups is 3. The highest BCUT2D eigenvalue weighted by Crippen LogP contribution is 2.45. The molecule has 0 radical (unpaired) electrons. The molecule has 1 aromatic rings. The Morgan fingerprint density at radius 3 is 2.27 bits per heavy atom. The maximum atomic E-state index is 12.8. The van der Waals surface area contributed by atoms with Gasteiger partial charge in [0.2, 0.25) is 17.7 Å². The van der Waals surface area contributed by atoms with Crippen LogP contribution in [0.5, 0.6) is 0 Å². The Bertz CT molecular complexity index is 710. The van der Waals surface area contributed by atoms with E-state index in [9.17, 15) is 14.4 Å². The summed E-state index contributed by atoms with van der Waals surface area (Å²) >= 11 is 0. The van der Waals surface area contributed by atoms with Crippen LogP contribution >= 0.6 is 0 Å². The summed E-state index contributed by atoms with van der Waals surface area (Å²) in [6, 6.07) is 7.68. The van der Waals surface area contributed by atoms with E-state index >= 15 is 0 Å². The van der Waals surface area contributed by atoms with Crippen molar-refractivity contribution < 1.29 is 14.4 Å². The maximum absolute atomic E-state index is 12.8. The third-order valence-electron chi connectivity index (χ3n) is 5.64. The van der Waals surface area contributed by atoms with Crippen LogP contribution in [0.25, 0.3) is 0 Å². The summed E-state index contributed by atoms with van der Waals surface area (Å²) in [5.74, 6) is -0.696. The van der Waals surface area contributed by atoms with Crippen LogP contribution in [0.2, 0.25) is 0 Å². The van der Waals surface area contributed by atoms with Gasteiger partial charge in [0.15, 0.2) is 0 Å². The molecule has 1 heterocycles. The summed E-state index contributed by atoms with van der Waals surface area (Å²) in [5, 5.41) is 2.79. The molecule has 2 fully saturated rings. The minimum absolute atomic E-state index is 0.0469. The van der Waals surface area contributed by atoms with Gasteiger partial charge in [-0.25, -0.2) is 0 Å². The van der Waals surface area contributed by atoms with E-state index in [4.69, 9.17) is 0 Å². The van der Waals surface area contributed by atoms with Crippen molar-refractivity contribution in [2.45, 2.75) is 64.7 Å². The zero-order valence-corrected chi connectivity index (χ0v) is 15.9. The Hall–Kier alpha value is -2.17. The van der Waals surface area contributed by atoms with Crippen LogP contribution in [-0.2, 0) is 19.8 Å². The maximum Gasteiger partial charge on any atom is 0.244 e. The zero-order chi connectivity index (χ0) is 18.9. The third kappa shape index (κ3) is 3.67. The van der Waals surface area contributed by atoms with Gasteiger partial charge in [-0.3, -0.25) is 19.3 Å². The standard InChI is InChI=1S/C21H28N2O3/c1-20(2,3)15-7-9-16(10-8-15)22-17(24)14-23-18(25)13-21(19(23)26)11-5-4-6-12-21/h7-10H,4-6,11-14H2,1-3H3,(H,22,24). The highest BCUT2D eigenvalue weighted by Gasteiger charge is 2.51. The summed E-state index contributed by atoms with van der Waals surface area (Å²) in [7, 11) is 0. The van der Waals surface area contributed by atoms with Crippen LogP contribution in [0, 0.1) is 5.41 Å². The molecule has 0 atom stereocenters. The van der Waals surface area contributed by atoms with Crippen LogP contribution in [0.15, 0.2) is 24.3 Å². The fourth-order valence-electron chi connectivity index (χ4n) is 4.04. The van der Waals surface area contributed by atoms with E-state index in [0.717, 1.165) is 37.0 Å². The molecule has 140 valence electrons. The molecule has 0 aromatic heterocycles. The molecule has 5 nitrogen and oxygen atoms in total. The van der Waals surface area contributed by atoms with Crippen LogP contribution in [0.4, 0.5) is 5.69 Å². The minimum atomic E-state index is -0.538. The Balaban J connectivity index is 1.63. The SMILES string of the molecule is CC(C)(C)c1ccc(NC(=O)CN2C(=O)CC3(CCCCC3)C2=O)cc1. The summed E-state index contributed by atoms with van der Waals surface area (Å²) in [5.41, 5.74) is 1.36. The number of hydrogen-bond acceptors (Lipinski definition) is 3. The fourth-order valence-corrected chi connectivity index (χ4v) is 4.04. The van der Waals surface area contributed by atoms with Crippen molar-refractivity contribution in [3.63, 3.8) is 0 Å². The number of rotatable bonds is 3. The van der Waals surface area contributed by atoms with Gasteiger partial charge in [0.25, 0.3) is 0 Å². The monoisotopic (exact) mass is 356 g/mol. The topological polar surface area (TPSA) is 66.5 Å². The van der Waals surface area contributed by atoms with Crippen molar-refractivity contribution in [3.8, 4) is 0 Å². The van der Waals surface area contributed by atoms with E-state index in [2.05, 4.69) is 26.1 Å². The second-order valence-electron chi connectivity index (χ2n) is 8.68. The summed E-state index contributed by atoms with van der Waals surface area (Å²) in [4.78, 5) is 38.6. The molecule has 2 aliphatic rings. The number of anilines is 1. The van der Waals surface area contributed by atoms with Gasteiger partial charge in [0.05, 0.1) is 5.41 Å². The average Bonchev–Trinajstić information content (AvgIpc) is 2.79. The van der Waals surface area contributed by atoms with E-state index in [1.807, 2.05) is 24.3 Å². The van der Waals surface area contributed by atoms with Crippen LogP contribution < -0.4 is 5.32 Å². The molecule has 1 saturated carbocycles. The van der Waals surface area contributed by atoms with Gasteiger partial charge in [-0.05, 0) is 36.0 Å². The predicted molar refractivity (Wildman–Crippen MR) is 101 cm³/mol. The molecular weight excluding hydrogens is 328 g/mol. The van der Waals surface area contributed by atoms with E-state index in [0.29, 0.717) is 5.69 Å². The van der Waals surface area contributed by atoms with E-state index < -0.39 is 5.41 Å². The number of benzene rings is 1. The number of carbonyl (C=O) groups excluding carboxylic acids is 3. The summed E-state index contributed by atoms with van der Waals surface area (Å²) < 4.78 is 0. The van der Waals surface area contributed by atoms with Crippen LogP contribution in [0.1, 0.15) is 64.9 Å². The second-order valence-corrected chi connectivity index (χ2v) is 8.68. The predicted octanol–water partition coefficient (Wildman–Crippen LogP) is 3.63. The van der Waals surface area contributed by atoms with Crippen molar-refractivity contribution in [1.29, 1.82) is 0 Å². The van der Waals surface area contributed by atoms with Crippen molar-refractivity contribution in [2.24, 2.45) is 5.41 Å². The molecule has 1 N–H and O–H groups in total. The lowest BCUT2D eigenvalue weighted by molar-refractivity contribution is -0.144. The van der Waals surface area contributed by atoms with E-state index in [1.54, 1.807) is 0 Å². The van der Waals surface area contributed by atoms with Crippen LogP contribution in [-0.4, -0.2) is 29.2 Å². The average molecular weight is 356 g/mol. The first-order valence-electron chi connectivity index (χ1n) is 9.46. The molecule has 1 aliphatic heterocycles. The lowest BCUT2D eigenvalue weighted by Crippen LogP contribution is -2.41. The van der Waals surface area contributed by atoms with Crippen LogP contribution in [0.3, 0.4) is 0 Å². The van der Waals surface area contributed by atoms with Gasteiger partial charge in [-0.1, -0.05) is 52.2 Å². The first kappa shape index (κ1) is 18.6. The zero-order valence-electron chi connectivity index (χ0n) is 15.9. The largest absolute Gasteiger partial charge is 0.325 e. The molecule has 1 aliphatic carbocycles. The number of imide groups is 1. The number of hydrogen-bond donors (Lipinski definition) is 1. The quantitative estimate of drug-likeness (QED) is 0.841. The van der Waals surface area contributed by atoms with Crippen molar-refractivity contribution >= 4 is 23.4 Å². The van der Waals surface area contributed by atoms with Crippen molar-refractivity contribution in [1.82, 2.24) is 4.90 Å². The van der Waals surface area contributed by atoms with Gasteiger partial charge in [0.1, 0.15) is 6.54 Å². The Labute approximate surface area is 155 Å². The Morgan fingerprint density at radius 2 is 1.69 bits per heavy atom. The molecule has 0 unspecified atom stereocenters. The molecule has 5 heteroatoms. The van der Waals surface area contributed by atoms with Gasteiger partial charge >= 0.3 is 0 Å². The van der Waals surface area contributed by atoms with E-state index in [1.165, 1.54) is 5.56 Å². The molecule has 1 saturated heterocycles. The smallest absolute Gasteiger partial charge is 0.244 e. The molecule has 3 amide bonds. The van der Waals surface area contributed by atoms with E-state index in [-0.39, 0.29) is 36.1 Å². The van der Waals surface area contributed by atoms with Gasteiger partial charge < -0.3 is 5.32 Å². The minimum Gasteiger partial charge on any atom is -0.325 e. The van der Waals surface area contributed by atoms with Gasteiger partial charge in [-0.15, -0.1) is 0 Å². The number of likely N-dealkylation sites (tertiary alicyclic amines) is 1. The number of nitrogens with zero attached hydrogens (tertiary/aromatic N) is 1. The van der Waals surface area contributed by atoms with Gasteiger partial charge in [-0.2, -0.15) is 0 Å². The number of amides is 3. The first-order valence-corrected chi connectivity index (χ1v) is 9.46. The fraction of sp³-hybridized carbons (Fsp3) is 0.571. The Morgan fingerprint density at radius 1 is 1.08 bits per heavy atom. The highest BCUT2D eigenvalue weighted by molar-refractivity contribution is 6.09. The molecule has 1 aromatic carbocycles. The molecule has 1 spiro atoms. The highest BCUT2D eigenvalue weighted by atomic mass is 16.2. The molecule has 26 heavy (non-hydrogen) atoms. The lowest BCUT2D eigenvalue weighted by Gasteiger charge is -2.30. The van der Waals surface area contributed by atoms with Crippen molar-refractivity contribution in [3.05, 3.63) is 29.8 Å².